The Morgan fingerprint density at radius 2 is 1.67 bits per heavy atom. The standard InChI is InChI=1S/C17H23F3N2O4S/c1-11(2)27(24,25)22-14-5-3-12(4-6-14)16(23)21-13-7-9-15(10-8-13)26-17(18,19)20/h7-12,14,22H,3-6H2,1-2H3,(H,21,23)/t12-,14-. The molecule has 0 bridgehead atoms. The van der Waals surface area contributed by atoms with E-state index < -0.39 is 21.6 Å². The van der Waals surface area contributed by atoms with Gasteiger partial charge in [0, 0.05) is 17.6 Å². The molecule has 1 aromatic carbocycles. The van der Waals surface area contributed by atoms with E-state index in [2.05, 4.69) is 14.8 Å². The van der Waals surface area contributed by atoms with Gasteiger partial charge in [-0.3, -0.25) is 4.79 Å². The number of nitrogens with one attached hydrogen (secondary N) is 2. The van der Waals surface area contributed by atoms with Crippen LogP contribution in [0.4, 0.5) is 18.9 Å². The number of hydrogen-bond donors (Lipinski definition) is 2. The monoisotopic (exact) mass is 408 g/mol. The molecule has 0 spiro atoms. The average molecular weight is 408 g/mol. The Morgan fingerprint density at radius 3 is 2.15 bits per heavy atom. The lowest BCUT2D eigenvalue weighted by molar-refractivity contribution is -0.274. The van der Waals surface area contributed by atoms with Gasteiger partial charge in [-0.15, -0.1) is 13.2 Å². The fourth-order valence-electron chi connectivity index (χ4n) is 2.83. The second kappa shape index (κ2) is 8.47. The predicted molar refractivity (Wildman–Crippen MR) is 94.7 cm³/mol. The van der Waals surface area contributed by atoms with E-state index in [-0.39, 0.29) is 23.6 Å². The summed E-state index contributed by atoms with van der Waals surface area (Å²) in [7, 11) is -3.34. The third-order valence-corrected chi connectivity index (χ3v) is 6.31. The van der Waals surface area contributed by atoms with Gasteiger partial charge >= 0.3 is 6.36 Å². The Hall–Kier alpha value is -1.81. The van der Waals surface area contributed by atoms with Crippen molar-refractivity contribution in [3.63, 3.8) is 0 Å². The zero-order valence-electron chi connectivity index (χ0n) is 15.0. The summed E-state index contributed by atoms with van der Waals surface area (Å²) in [5.41, 5.74) is 0.372. The molecule has 2 N–H and O–H groups in total. The van der Waals surface area contributed by atoms with Gasteiger partial charge in [-0.2, -0.15) is 0 Å². The second-order valence-corrected chi connectivity index (χ2v) is 9.09. The topological polar surface area (TPSA) is 84.5 Å². The highest BCUT2D eigenvalue weighted by atomic mass is 32.2. The lowest BCUT2D eigenvalue weighted by Crippen LogP contribution is -2.42. The van der Waals surface area contributed by atoms with Crippen LogP contribution in [0.15, 0.2) is 24.3 Å². The number of halogens is 3. The molecule has 0 heterocycles. The minimum atomic E-state index is -4.76. The summed E-state index contributed by atoms with van der Waals surface area (Å²) < 4.78 is 66.7. The molecule has 1 saturated carbocycles. The largest absolute Gasteiger partial charge is 0.573 e. The van der Waals surface area contributed by atoms with Crippen LogP contribution >= 0.6 is 0 Å². The van der Waals surface area contributed by atoms with Crippen molar-refractivity contribution in [2.75, 3.05) is 5.32 Å². The number of carbonyl (C=O) groups excluding carboxylic acids is 1. The van der Waals surface area contributed by atoms with Crippen molar-refractivity contribution in [3.05, 3.63) is 24.3 Å². The molecule has 152 valence electrons. The second-order valence-electron chi connectivity index (χ2n) is 6.82. The first kappa shape index (κ1) is 21.5. The zero-order valence-corrected chi connectivity index (χ0v) is 15.9. The highest BCUT2D eigenvalue weighted by Crippen LogP contribution is 2.27. The number of anilines is 1. The van der Waals surface area contributed by atoms with E-state index >= 15 is 0 Å². The van der Waals surface area contributed by atoms with Gasteiger partial charge in [0.2, 0.25) is 15.9 Å². The number of benzene rings is 1. The number of hydrogen-bond acceptors (Lipinski definition) is 4. The molecule has 1 aliphatic rings. The Labute approximate surface area is 156 Å². The van der Waals surface area contributed by atoms with E-state index in [4.69, 9.17) is 0 Å². The molecule has 1 fully saturated rings. The lowest BCUT2D eigenvalue weighted by Gasteiger charge is -2.28. The van der Waals surface area contributed by atoms with Crippen LogP contribution in [-0.4, -0.2) is 32.0 Å². The first-order chi connectivity index (χ1) is 12.5. The fraction of sp³-hybridized carbons (Fsp3) is 0.588. The normalized spacial score (nSPS) is 21.1. The van der Waals surface area contributed by atoms with Crippen LogP contribution in [0, 0.1) is 5.92 Å². The zero-order chi connectivity index (χ0) is 20.2. The number of carbonyl (C=O) groups is 1. The van der Waals surface area contributed by atoms with Gasteiger partial charge in [0.05, 0.1) is 5.25 Å². The molecule has 1 amide bonds. The molecular weight excluding hydrogens is 385 g/mol. The lowest BCUT2D eigenvalue weighted by atomic mass is 9.86. The molecule has 0 radical (unpaired) electrons. The molecule has 1 aromatic rings. The van der Waals surface area contributed by atoms with E-state index in [1.165, 1.54) is 12.1 Å². The first-order valence-corrected chi connectivity index (χ1v) is 10.2. The minimum Gasteiger partial charge on any atom is -0.406 e. The van der Waals surface area contributed by atoms with Crippen molar-refractivity contribution < 1.29 is 31.1 Å². The summed E-state index contributed by atoms with van der Waals surface area (Å²) in [5.74, 6) is -0.862. The molecule has 0 atom stereocenters. The fourth-order valence-corrected chi connectivity index (χ4v) is 3.80. The summed E-state index contributed by atoms with van der Waals surface area (Å²) in [6.07, 6.45) is -2.58. The van der Waals surface area contributed by atoms with Crippen molar-refractivity contribution in [3.8, 4) is 5.75 Å². The Balaban J connectivity index is 1.84. The SMILES string of the molecule is CC(C)S(=O)(=O)N[C@H]1CC[C@H](C(=O)Nc2ccc(OC(F)(F)F)cc2)CC1. The Kier molecular flexibility index (Phi) is 6.74. The molecule has 0 unspecified atom stereocenters. The third kappa shape index (κ3) is 6.69. The van der Waals surface area contributed by atoms with Gasteiger partial charge in [-0.25, -0.2) is 13.1 Å². The quantitative estimate of drug-likeness (QED) is 0.756. The van der Waals surface area contributed by atoms with Crippen LogP contribution < -0.4 is 14.8 Å². The van der Waals surface area contributed by atoms with Crippen molar-refractivity contribution in [1.29, 1.82) is 0 Å². The van der Waals surface area contributed by atoms with Crippen molar-refractivity contribution in [2.24, 2.45) is 5.92 Å². The van der Waals surface area contributed by atoms with Crippen LogP contribution in [0.2, 0.25) is 0 Å². The smallest absolute Gasteiger partial charge is 0.406 e. The molecular formula is C17H23F3N2O4S. The van der Waals surface area contributed by atoms with Crippen LogP contribution in [0.1, 0.15) is 39.5 Å². The molecule has 2 rings (SSSR count). The van der Waals surface area contributed by atoms with Crippen LogP contribution in [-0.2, 0) is 14.8 Å². The summed E-state index contributed by atoms with van der Waals surface area (Å²) in [6.45, 7) is 3.21. The highest BCUT2D eigenvalue weighted by Gasteiger charge is 2.31. The van der Waals surface area contributed by atoms with Gasteiger partial charge < -0.3 is 10.1 Å². The number of alkyl halides is 3. The first-order valence-electron chi connectivity index (χ1n) is 8.64. The Bertz CT molecular complexity index is 740. The molecule has 27 heavy (non-hydrogen) atoms. The van der Waals surface area contributed by atoms with Gasteiger partial charge in [-0.1, -0.05) is 0 Å². The van der Waals surface area contributed by atoms with Crippen molar-refractivity contribution in [2.45, 2.75) is 57.2 Å². The van der Waals surface area contributed by atoms with Gasteiger partial charge in [0.15, 0.2) is 0 Å². The maximum atomic E-state index is 12.3. The van der Waals surface area contributed by atoms with Gasteiger partial charge in [-0.05, 0) is 63.8 Å². The highest BCUT2D eigenvalue weighted by molar-refractivity contribution is 7.90. The van der Waals surface area contributed by atoms with Crippen LogP contribution in [0.3, 0.4) is 0 Å². The molecule has 1 aliphatic carbocycles. The molecule has 10 heteroatoms. The van der Waals surface area contributed by atoms with Crippen LogP contribution in [0.5, 0.6) is 5.75 Å². The van der Waals surface area contributed by atoms with E-state index in [9.17, 15) is 26.4 Å². The minimum absolute atomic E-state index is 0.180. The van der Waals surface area contributed by atoms with Crippen molar-refractivity contribution >= 4 is 21.6 Å². The summed E-state index contributed by atoms with van der Waals surface area (Å²) >= 11 is 0. The summed E-state index contributed by atoms with van der Waals surface area (Å²) in [5, 5.41) is 2.16. The number of ether oxygens (including phenoxy) is 1. The molecule has 0 aliphatic heterocycles. The third-order valence-electron chi connectivity index (χ3n) is 4.40. The molecule has 0 saturated heterocycles. The van der Waals surface area contributed by atoms with E-state index in [1.54, 1.807) is 13.8 Å². The van der Waals surface area contributed by atoms with E-state index in [1.807, 2.05) is 0 Å². The van der Waals surface area contributed by atoms with Gasteiger partial charge in [0.1, 0.15) is 5.75 Å². The molecule has 6 nitrogen and oxygen atoms in total. The van der Waals surface area contributed by atoms with Crippen LogP contribution in [0.25, 0.3) is 0 Å². The van der Waals surface area contributed by atoms with Gasteiger partial charge in [0.25, 0.3) is 0 Å². The average Bonchev–Trinajstić information content (AvgIpc) is 2.55. The number of rotatable bonds is 6. The Morgan fingerprint density at radius 1 is 1.11 bits per heavy atom. The number of amides is 1. The number of sulfonamides is 1. The van der Waals surface area contributed by atoms with E-state index in [0.29, 0.717) is 31.4 Å². The molecule has 0 aromatic heterocycles. The maximum absolute atomic E-state index is 12.3. The van der Waals surface area contributed by atoms with Crippen molar-refractivity contribution in [1.82, 2.24) is 4.72 Å². The maximum Gasteiger partial charge on any atom is 0.573 e. The predicted octanol–water partition coefficient (Wildman–Crippen LogP) is 3.41. The van der Waals surface area contributed by atoms with E-state index in [0.717, 1.165) is 12.1 Å². The summed E-state index contributed by atoms with van der Waals surface area (Å²) in [4.78, 5) is 12.3. The summed E-state index contributed by atoms with van der Waals surface area (Å²) in [6, 6.07) is 4.74.